The zero-order chi connectivity index (χ0) is 16.5. The number of hydrogen-bond acceptors (Lipinski definition) is 6. The highest BCUT2D eigenvalue weighted by atomic mass is 32.1. The summed E-state index contributed by atoms with van der Waals surface area (Å²) >= 11 is 2.70. The fraction of sp³-hybridized carbons (Fsp3) is 0. The highest BCUT2D eigenvalue weighted by Gasteiger charge is 2.10. The fourth-order valence-electron chi connectivity index (χ4n) is 2.15. The smallest absolute Gasteiger partial charge is 0.347 e. The van der Waals surface area contributed by atoms with E-state index in [9.17, 15) is 4.79 Å². The first kappa shape index (κ1) is 14.8. The largest absolute Gasteiger partial charge is 0.477 e. The molecule has 0 saturated heterocycles. The van der Waals surface area contributed by atoms with Crippen LogP contribution in [-0.4, -0.2) is 21.0 Å². The van der Waals surface area contributed by atoms with E-state index in [2.05, 4.69) is 9.97 Å². The zero-order valence-corrected chi connectivity index (χ0v) is 13.8. The van der Waals surface area contributed by atoms with Gasteiger partial charge in [0.1, 0.15) is 15.6 Å². The molecule has 0 saturated carbocycles. The molecule has 0 unspecified atom stereocenters. The Balaban J connectivity index is 1.57. The van der Waals surface area contributed by atoms with Crippen LogP contribution in [0.4, 0.5) is 0 Å². The van der Waals surface area contributed by atoms with Crippen molar-refractivity contribution < 1.29 is 14.3 Å². The van der Waals surface area contributed by atoms with E-state index in [4.69, 9.17) is 9.52 Å². The lowest BCUT2D eigenvalue weighted by Crippen LogP contribution is -1.89. The van der Waals surface area contributed by atoms with Crippen LogP contribution in [0.1, 0.15) is 20.4 Å². The van der Waals surface area contributed by atoms with E-state index in [0.717, 1.165) is 26.6 Å². The van der Waals surface area contributed by atoms with Crippen LogP contribution in [0.15, 0.2) is 47.0 Å². The number of fused-ring (bicyclic) bond motifs is 1. The van der Waals surface area contributed by atoms with Gasteiger partial charge >= 0.3 is 5.97 Å². The number of para-hydroxylation sites is 1. The van der Waals surface area contributed by atoms with Crippen molar-refractivity contribution in [3.05, 3.63) is 58.2 Å². The SMILES string of the molecule is O=C(O)c1cnc(C=Cc2ccc(-c3nc4ccccc4s3)o2)s1. The number of benzene rings is 1. The maximum Gasteiger partial charge on any atom is 0.347 e. The van der Waals surface area contributed by atoms with Gasteiger partial charge in [-0.25, -0.2) is 14.8 Å². The van der Waals surface area contributed by atoms with E-state index in [1.807, 2.05) is 36.4 Å². The number of carbonyl (C=O) groups is 1. The Morgan fingerprint density at radius 1 is 1.12 bits per heavy atom. The third-order valence-electron chi connectivity index (χ3n) is 3.26. The maximum absolute atomic E-state index is 10.8. The molecule has 4 rings (SSSR count). The second-order valence-electron chi connectivity index (χ2n) is 4.89. The van der Waals surface area contributed by atoms with Crippen LogP contribution in [0.3, 0.4) is 0 Å². The molecule has 1 N–H and O–H groups in total. The summed E-state index contributed by atoms with van der Waals surface area (Å²) < 4.78 is 6.91. The Morgan fingerprint density at radius 3 is 2.79 bits per heavy atom. The van der Waals surface area contributed by atoms with Crippen LogP contribution >= 0.6 is 22.7 Å². The number of rotatable bonds is 4. The van der Waals surface area contributed by atoms with Crippen molar-refractivity contribution >= 4 is 51.0 Å². The quantitative estimate of drug-likeness (QED) is 0.565. The first-order chi connectivity index (χ1) is 11.7. The highest BCUT2D eigenvalue weighted by Crippen LogP contribution is 2.31. The van der Waals surface area contributed by atoms with Gasteiger partial charge < -0.3 is 9.52 Å². The van der Waals surface area contributed by atoms with Crippen LogP contribution in [0.5, 0.6) is 0 Å². The molecule has 4 aromatic rings. The molecule has 0 amide bonds. The second kappa shape index (κ2) is 6.03. The monoisotopic (exact) mass is 354 g/mol. The number of carboxylic acid groups (broad SMARTS) is 1. The van der Waals surface area contributed by atoms with Crippen LogP contribution in [0, 0.1) is 0 Å². The molecule has 0 bridgehead atoms. The van der Waals surface area contributed by atoms with Crippen molar-refractivity contribution in [1.82, 2.24) is 9.97 Å². The summed E-state index contributed by atoms with van der Waals surface area (Å²) in [5.41, 5.74) is 0.954. The third kappa shape index (κ3) is 2.86. The van der Waals surface area contributed by atoms with E-state index in [0.29, 0.717) is 16.5 Å². The summed E-state index contributed by atoms with van der Waals surface area (Å²) in [6.07, 6.45) is 4.85. The molecule has 0 spiro atoms. The first-order valence-electron chi connectivity index (χ1n) is 7.02. The minimum atomic E-state index is -0.969. The summed E-state index contributed by atoms with van der Waals surface area (Å²) in [6, 6.07) is 11.7. The lowest BCUT2D eigenvalue weighted by molar-refractivity contribution is 0.0702. The van der Waals surface area contributed by atoms with Gasteiger partial charge in [-0.3, -0.25) is 0 Å². The molecule has 24 heavy (non-hydrogen) atoms. The lowest BCUT2D eigenvalue weighted by Gasteiger charge is -1.88. The highest BCUT2D eigenvalue weighted by molar-refractivity contribution is 7.21. The van der Waals surface area contributed by atoms with E-state index < -0.39 is 5.97 Å². The van der Waals surface area contributed by atoms with Gasteiger partial charge in [0.2, 0.25) is 0 Å². The van der Waals surface area contributed by atoms with Crippen LogP contribution in [-0.2, 0) is 0 Å². The van der Waals surface area contributed by atoms with Crippen molar-refractivity contribution in [2.45, 2.75) is 0 Å². The standard InChI is InChI=1S/C17H10N2O3S2/c20-17(21)14-9-18-15(23-14)8-6-10-5-7-12(22-10)16-19-11-3-1-2-4-13(11)24-16/h1-9H,(H,20,21). The third-order valence-corrected chi connectivity index (χ3v) is 5.26. The molecule has 5 nitrogen and oxygen atoms in total. The van der Waals surface area contributed by atoms with E-state index in [1.165, 1.54) is 6.20 Å². The number of carboxylic acids is 1. The number of aromatic carboxylic acids is 1. The minimum absolute atomic E-state index is 0.212. The average Bonchev–Trinajstić information content (AvgIpc) is 3.30. The van der Waals surface area contributed by atoms with E-state index >= 15 is 0 Å². The van der Waals surface area contributed by atoms with Gasteiger partial charge in [0.25, 0.3) is 0 Å². The number of hydrogen-bond donors (Lipinski definition) is 1. The molecule has 0 aliphatic rings. The van der Waals surface area contributed by atoms with Crippen molar-refractivity contribution in [2.75, 3.05) is 0 Å². The summed E-state index contributed by atoms with van der Waals surface area (Å²) in [7, 11) is 0. The maximum atomic E-state index is 10.8. The van der Waals surface area contributed by atoms with Crippen LogP contribution in [0.2, 0.25) is 0 Å². The molecule has 3 aromatic heterocycles. The normalized spacial score (nSPS) is 11.5. The van der Waals surface area contributed by atoms with Gasteiger partial charge in [0.15, 0.2) is 10.8 Å². The van der Waals surface area contributed by atoms with Crippen LogP contribution < -0.4 is 0 Å². The first-order valence-corrected chi connectivity index (χ1v) is 8.65. The molecule has 3 heterocycles. The van der Waals surface area contributed by atoms with Gasteiger partial charge in [0, 0.05) is 0 Å². The zero-order valence-electron chi connectivity index (χ0n) is 12.2. The van der Waals surface area contributed by atoms with Gasteiger partial charge in [-0.1, -0.05) is 12.1 Å². The Labute approximate surface area is 144 Å². The Hall–Kier alpha value is -2.77. The molecule has 0 fully saturated rings. The summed E-state index contributed by atoms with van der Waals surface area (Å²) in [4.78, 5) is 19.7. The summed E-state index contributed by atoms with van der Waals surface area (Å²) in [5.74, 6) is 0.404. The predicted molar refractivity (Wildman–Crippen MR) is 95.3 cm³/mol. The molecular formula is C17H10N2O3S2. The Kier molecular flexibility index (Phi) is 3.72. The predicted octanol–water partition coefficient (Wildman–Crippen LogP) is 4.88. The Morgan fingerprint density at radius 2 is 2.00 bits per heavy atom. The van der Waals surface area contributed by atoms with Gasteiger partial charge in [-0.2, -0.15) is 0 Å². The summed E-state index contributed by atoms with van der Waals surface area (Å²) in [6.45, 7) is 0. The number of aromatic nitrogens is 2. The minimum Gasteiger partial charge on any atom is -0.477 e. The average molecular weight is 354 g/mol. The Bertz CT molecular complexity index is 1030. The van der Waals surface area contributed by atoms with Crippen molar-refractivity contribution in [3.8, 4) is 10.8 Å². The number of furan rings is 1. The molecule has 0 radical (unpaired) electrons. The van der Waals surface area contributed by atoms with Gasteiger partial charge in [0.05, 0.1) is 16.4 Å². The van der Waals surface area contributed by atoms with Gasteiger partial charge in [-0.05, 0) is 36.4 Å². The number of thiazole rings is 2. The molecule has 118 valence electrons. The van der Waals surface area contributed by atoms with E-state index in [1.54, 1.807) is 23.5 Å². The van der Waals surface area contributed by atoms with Crippen molar-refractivity contribution in [2.24, 2.45) is 0 Å². The topological polar surface area (TPSA) is 76.2 Å². The molecule has 1 aromatic carbocycles. The fourth-order valence-corrected chi connectivity index (χ4v) is 3.74. The summed E-state index contributed by atoms with van der Waals surface area (Å²) in [5, 5.41) is 10.3. The molecule has 0 aliphatic heterocycles. The van der Waals surface area contributed by atoms with Crippen molar-refractivity contribution in [3.63, 3.8) is 0 Å². The number of nitrogens with zero attached hydrogens (tertiary/aromatic N) is 2. The molecule has 0 aliphatic carbocycles. The van der Waals surface area contributed by atoms with Gasteiger partial charge in [-0.15, -0.1) is 22.7 Å². The molecular weight excluding hydrogens is 344 g/mol. The second-order valence-corrected chi connectivity index (χ2v) is 6.98. The van der Waals surface area contributed by atoms with Crippen molar-refractivity contribution in [1.29, 1.82) is 0 Å². The lowest BCUT2D eigenvalue weighted by atomic mass is 10.3. The van der Waals surface area contributed by atoms with Crippen LogP contribution in [0.25, 0.3) is 33.1 Å². The van der Waals surface area contributed by atoms with E-state index in [-0.39, 0.29) is 4.88 Å². The molecule has 0 atom stereocenters. The molecule has 7 heteroatoms.